The predicted molar refractivity (Wildman–Crippen MR) is 92.4 cm³/mol. The average molecular weight is 330 g/mol. The molecule has 1 heterocycles. The van der Waals surface area contributed by atoms with Gasteiger partial charge in [-0.1, -0.05) is 42.7 Å². The topological polar surface area (TPSA) is 62.2 Å². The fraction of sp³-hybridized carbons (Fsp3) is 0.444. The molecule has 2 N–H and O–H groups in total. The summed E-state index contributed by atoms with van der Waals surface area (Å²) in [5, 5.41) is 16.0. The van der Waals surface area contributed by atoms with E-state index >= 15 is 0 Å². The Hall–Kier alpha value is -1.72. The van der Waals surface area contributed by atoms with Gasteiger partial charge in [0.1, 0.15) is 5.01 Å². The van der Waals surface area contributed by atoms with E-state index in [0.29, 0.717) is 6.54 Å². The zero-order valence-electron chi connectivity index (χ0n) is 13.3. The third-order valence-corrected chi connectivity index (χ3v) is 5.28. The number of hydrogen-bond donors (Lipinski definition) is 2. The van der Waals surface area contributed by atoms with Gasteiger partial charge in [-0.25, -0.2) is 4.98 Å². The zero-order chi connectivity index (χ0) is 16.3. The summed E-state index contributed by atoms with van der Waals surface area (Å²) in [7, 11) is 0. The Morgan fingerprint density at radius 2 is 2.00 bits per heavy atom. The second-order valence-corrected chi connectivity index (χ2v) is 7.25. The van der Waals surface area contributed by atoms with Crippen LogP contribution in [0.15, 0.2) is 29.6 Å². The lowest BCUT2D eigenvalue weighted by atomic mass is 10.0. The highest BCUT2D eigenvalue weighted by atomic mass is 32.1. The minimum absolute atomic E-state index is 0.0777. The van der Waals surface area contributed by atoms with E-state index in [9.17, 15) is 9.90 Å². The third kappa shape index (κ3) is 4.18. The van der Waals surface area contributed by atoms with Gasteiger partial charge in [-0.2, -0.15) is 0 Å². The number of rotatable bonds is 5. The van der Waals surface area contributed by atoms with Crippen molar-refractivity contribution >= 4 is 17.2 Å². The lowest BCUT2D eigenvalue weighted by Gasteiger charge is -2.22. The van der Waals surface area contributed by atoms with Crippen LogP contribution >= 0.6 is 11.3 Å². The number of benzene rings is 1. The van der Waals surface area contributed by atoms with Crippen LogP contribution in [0.25, 0.3) is 10.6 Å². The molecule has 1 saturated carbocycles. The van der Waals surface area contributed by atoms with Crippen molar-refractivity contribution in [1.82, 2.24) is 10.3 Å². The molecule has 1 aromatic heterocycles. The molecule has 0 atom stereocenters. The molecule has 122 valence electrons. The van der Waals surface area contributed by atoms with Crippen LogP contribution in [-0.2, 0) is 11.2 Å². The molecule has 0 aliphatic heterocycles. The lowest BCUT2D eigenvalue weighted by Crippen LogP contribution is -2.41. The van der Waals surface area contributed by atoms with Crippen LogP contribution in [0.1, 0.15) is 36.9 Å². The summed E-state index contributed by atoms with van der Waals surface area (Å²) in [6, 6.07) is 8.22. The highest BCUT2D eigenvalue weighted by Crippen LogP contribution is 2.28. The van der Waals surface area contributed by atoms with Gasteiger partial charge in [0.2, 0.25) is 5.91 Å². The van der Waals surface area contributed by atoms with Crippen molar-refractivity contribution in [2.75, 3.05) is 6.54 Å². The number of hydrogen-bond acceptors (Lipinski definition) is 4. The summed E-state index contributed by atoms with van der Waals surface area (Å²) in [6.45, 7) is 2.40. The number of aliphatic hydroxyl groups is 1. The number of nitrogens with one attached hydrogen (secondary N) is 1. The average Bonchev–Trinajstić information content (AvgIpc) is 3.16. The summed E-state index contributed by atoms with van der Waals surface area (Å²) in [4.78, 5) is 16.6. The van der Waals surface area contributed by atoms with E-state index in [-0.39, 0.29) is 12.3 Å². The molecule has 1 fully saturated rings. The van der Waals surface area contributed by atoms with Crippen molar-refractivity contribution in [2.24, 2.45) is 0 Å². The van der Waals surface area contributed by atoms with Gasteiger partial charge in [-0.15, -0.1) is 11.3 Å². The van der Waals surface area contributed by atoms with Gasteiger partial charge in [0.15, 0.2) is 0 Å². The van der Waals surface area contributed by atoms with Crippen LogP contribution in [0.5, 0.6) is 0 Å². The molecule has 1 aliphatic rings. The Morgan fingerprint density at radius 1 is 1.30 bits per heavy atom. The van der Waals surface area contributed by atoms with Crippen LogP contribution in [0.4, 0.5) is 0 Å². The van der Waals surface area contributed by atoms with Crippen molar-refractivity contribution in [3.8, 4) is 10.6 Å². The molecule has 0 bridgehead atoms. The molecule has 2 aromatic rings. The molecule has 0 unspecified atom stereocenters. The summed E-state index contributed by atoms with van der Waals surface area (Å²) in [6.07, 6.45) is 3.90. The molecule has 1 aromatic carbocycles. The first-order chi connectivity index (χ1) is 11.0. The van der Waals surface area contributed by atoms with Gasteiger partial charge >= 0.3 is 0 Å². The number of nitrogens with zero attached hydrogens (tertiary/aromatic N) is 1. The standard InChI is InChI=1S/C18H22N2O2S/c1-13-4-6-14(7-5-13)17-20-15(11-23-17)10-16(21)19-12-18(22)8-2-3-9-18/h4-7,11,22H,2-3,8-10,12H2,1H3,(H,19,21). The molecular weight excluding hydrogens is 308 g/mol. The largest absolute Gasteiger partial charge is 0.388 e. The highest BCUT2D eigenvalue weighted by molar-refractivity contribution is 7.13. The molecule has 1 amide bonds. The Bertz CT molecular complexity index is 673. The minimum Gasteiger partial charge on any atom is -0.388 e. The lowest BCUT2D eigenvalue weighted by molar-refractivity contribution is -0.121. The first-order valence-corrected chi connectivity index (χ1v) is 8.93. The van der Waals surface area contributed by atoms with E-state index in [1.54, 1.807) is 11.3 Å². The summed E-state index contributed by atoms with van der Waals surface area (Å²) < 4.78 is 0. The number of amides is 1. The van der Waals surface area contributed by atoms with E-state index in [0.717, 1.165) is 41.9 Å². The van der Waals surface area contributed by atoms with E-state index in [1.165, 1.54) is 5.56 Å². The van der Waals surface area contributed by atoms with Gasteiger partial charge < -0.3 is 10.4 Å². The van der Waals surface area contributed by atoms with Gasteiger partial charge in [-0.05, 0) is 19.8 Å². The maximum Gasteiger partial charge on any atom is 0.226 e. The first kappa shape index (κ1) is 16.1. The van der Waals surface area contributed by atoms with E-state index < -0.39 is 5.60 Å². The summed E-state index contributed by atoms with van der Waals surface area (Å²) in [5.74, 6) is -0.0777. The second kappa shape index (κ2) is 6.81. The summed E-state index contributed by atoms with van der Waals surface area (Å²) in [5.41, 5.74) is 2.37. The first-order valence-electron chi connectivity index (χ1n) is 8.05. The fourth-order valence-corrected chi connectivity index (χ4v) is 3.74. The quantitative estimate of drug-likeness (QED) is 0.885. The molecule has 5 heteroatoms. The van der Waals surface area contributed by atoms with Crippen LogP contribution in [0.2, 0.25) is 0 Å². The summed E-state index contributed by atoms with van der Waals surface area (Å²) >= 11 is 1.55. The number of aryl methyl sites for hydroxylation is 1. The molecule has 0 saturated heterocycles. The fourth-order valence-electron chi connectivity index (χ4n) is 2.92. The van der Waals surface area contributed by atoms with Gasteiger partial charge in [0, 0.05) is 17.5 Å². The van der Waals surface area contributed by atoms with Gasteiger partial charge in [0.05, 0.1) is 17.7 Å². The maximum absolute atomic E-state index is 12.0. The zero-order valence-corrected chi connectivity index (χ0v) is 14.2. The molecule has 3 rings (SSSR count). The van der Waals surface area contributed by atoms with E-state index in [4.69, 9.17) is 0 Å². The van der Waals surface area contributed by atoms with Crippen LogP contribution in [-0.4, -0.2) is 28.1 Å². The van der Waals surface area contributed by atoms with Crippen molar-refractivity contribution in [1.29, 1.82) is 0 Å². The number of carbonyl (C=O) groups excluding carboxylic acids is 1. The van der Waals surface area contributed by atoms with Crippen molar-refractivity contribution in [3.05, 3.63) is 40.9 Å². The number of aromatic nitrogens is 1. The van der Waals surface area contributed by atoms with Crippen LogP contribution in [0.3, 0.4) is 0 Å². The molecular formula is C18H22N2O2S. The van der Waals surface area contributed by atoms with E-state index in [1.807, 2.05) is 17.5 Å². The minimum atomic E-state index is -0.704. The van der Waals surface area contributed by atoms with Crippen molar-refractivity contribution < 1.29 is 9.90 Å². The Kier molecular flexibility index (Phi) is 4.78. The SMILES string of the molecule is Cc1ccc(-c2nc(CC(=O)NCC3(O)CCCC3)cs2)cc1. The molecule has 0 spiro atoms. The predicted octanol–water partition coefficient (Wildman–Crippen LogP) is 3.08. The molecule has 0 radical (unpaired) electrons. The monoisotopic (exact) mass is 330 g/mol. The Balaban J connectivity index is 1.56. The molecule has 4 nitrogen and oxygen atoms in total. The number of thiazole rings is 1. The van der Waals surface area contributed by atoms with Gasteiger partial charge in [-0.3, -0.25) is 4.79 Å². The maximum atomic E-state index is 12.0. The Morgan fingerprint density at radius 3 is 2.70 bits per heavy atom. The van der Waals surface area contributed by atoms with E-state index in [2.05, 4.69) is 29.4 Å². The molecule has 1 aliphatic carbocycles. The van der Waals surface area contributed by atoms with Crippen LogP contribution in [0, 0.1) is 6.92 Å². The number of carbonyl (C=O) groups is 1. The van der Waals surface area contributed by atoms with Crippen LogP contribution < -0.4 is 5.32 Å². The molecule has 23 heavy (non-hydrogen) atoms. The van der Waals surface area contributed by atoms with Crippen molar-refractivity contribution in [3.63, 3.8) is 0 Å². The third-order valence-electron chi connectivity index (χ3n) is 4.34. The van der Waals surface area contributed by atoms with Gasteiger partial charge in [0.25, 0.3) is 0 Å². The van der Waals surface area contributed by atoms with Crippen molar-refractivity contribution in [2.45, 2.75) is 44.6 Å². The Labute approximate surface area is 140 Å². The smallest absolute Gasteiger partial charge is 0.226 e. The second-order valence-electron chi connectivity index (χ2n) is 6.39. The highest BCUT2D eigenvalue weighted by Gasteiger charge is 2.31. The normalized spacial score (nSPS) is 16.4.